The van der Waals surface area contributed by atoms with E-state index in [1.54, 1.807) is 0 Å². The second kappa shape index (κ2) is 9.33. The summed E-state index contributed by atoms with van der Waals surface area (Å²) in [6, 6.07) is 0. The van der Waals surface area contributed by atoms with Gasteiger partial charge < -0.3 is 5.11 Å². The third-order valence-electron chi connectivity index (χ3n) is 0.123. The standard InChI is InChI=1S/CH4N2O2.H2S2/c2-3-1(4)5;1-2/h3H,2H2,(H,4,5);1-2H. The fourth-order valence-corrected chi connectivity index (χ4v) is 0. The molecule has 6 heteroatoms. The molecule has 0 fully saturated rings. The quantitative estimate of drug-likeness (QED) is 0.108. The molecular formula is CH6N2O2S2. The van der Waals surface area contributed by atoms with Gasteiger partial charge in [0.2, 0.25) is 0 Å². The second-order valence-corrected chi connectivity index (χ2v) is 0.449. The number of nitrogens with two attached hydrogens (primary N) is 1. The van der Waals surface area contributed by atoms with Crippen LogP contribution in [0.2, 0.25) is 0 Å². The van der Waals surface area contributed by atoms with Gasteiger partial charge in [-0.25, -0.2) is 10.6 Å². The van der Waals surface area contributed by atoms with Gasteiger partial charge in [-0.1, -0.05) is 0 Å². The Hall–Kier alpha value is -0.0700. The molecule has 0 aliphatic rings. The molecular weight excluding hydrogens is 136 g/mol. The van der Waals surface area contributed by atoms with Crippen LogP contribution in [0, 0.1) is 0 Å². The first kappa shape index (κ1) is 10.0. The largest absolute Gasteiger partial charge is 0.464 e. The molecule has 0 aliphatic heterocycles. The Morgan fingerprint density at radius 2 is 1.86 bits per heavy atom. The molecule has 0 aromatic carbocycles. The summed E-state index contributed by atoms with van der Waals surface area (Å²) in [5, 5.41) is 7.49. The molecule has 4 N–H and O–H groups in total. The summed E-state index contributed by atoms with van der Waals surface area (Å²) in [7, 11) is 0. The molecule has 0 atom stereocenters. The average molecular weight is 142 g/mol. The van der Waals surface area contributed by atoms with Crippen molar-refractivity contribution in [3.05, 3.63) is 0 Å². The van der Waals surface area contributed by atoms with Crippen molar-refractivity contribution in [2.45, 2.75) is 0 Å². The zero-order chi connectivity index (χ0) is 6.28. The minimum Gasteiger partial charge on any atom is -0.464 e. The van der Waals surface area contributed by atoms with Crippen LogP contribution in [0.15, 0.2) is 0 Å². The molecule has 0 aromatic heterocycles. The van der Waals surface area contributed by atoms with Crippen molar-refractivity contribution in [2.24, 2.45) is 5.84 Å². The van der Waals surface area contributed by atoms with Crippen LogP contribution in [-0.2, 0) is 0 Å². The maximum Gasteiger partial charge on any atom is 0.418 e. The third kappa shape index (κ3) is 24.6. The fraction of sp³-hybridized carbons (Fsp3) is 0. The maximum absolute atomic E-state index is 9.13. The van der Waals surface area contributed by atoms with E-state index in [2.05, 4.69) is 29.2 Å². The average Bonchev–Trinajstić information content (AvgIpc) is 1.73. The molecule has 0 rings (SSSR count). The number of thiol groups is 2. The van der Waals surface area contributed by atoms with E-state index in [1.165, 1.54) is 5.43 Å². The third-order valence-corrected chi connectivity index (χ3v) is 0.123. The van der Waals surface area contributed by atoms with Crippen molar-refractivity contribution in [1.29, 1.82) is 0 Å². The number of hydrogen-bond donors (Lipinski definition) is 5. The molecule has 0 saturated carbocycles. The monoisotopic (exact) mass is 142 g/mol. The molecule has 4 nitrogen and oxygen atoms in total. The number of hydrogen-bond acceptors (Lipinski definition) is 4. The summed E-state index contributed by atoms with van der Waals surface area (Å²) in [6.07, 6.45) is -1.22. The Morgan fingerprint density at radius 3 is 1.86 bits per heavy atom. The van der Waals surface area contributed by atoms with Gasteiger partial charge in [-0.05, 0) is 0 Å². The van der Waals surface area contributed by atoms with E-state index < -0.39 is 6.09 Å². The van der Waals surface area contributed by atoms with Crippen LogP contribution in [-0.4, -0.2) is 11.2 Å². The van der Waals surface area contributed by atoms with Gasteiger partial charge in [0.25, 0.3) is 0 Å². The first-order valence-electron chi connectivity index (χ1n) is 1.17. The minimum atomic E-state index is -1.22. The molecule has 0 saturated heterocycles. The first-order chi connectivity index (χ1) is 3.27. The molecule has 0 aliphatic carbocycles. The van der Waals surface area contributed by atoms with E-state index in [0.29, 0.717) is 0 Å². The molecule has 0 unspecified atom stereocenters. The van der Waals surface area contributed by atoms with Gasteiger partial charge >= 0.3 is 6.09 Å². The van der Waals surface area contributed by atoms with Crippen molar-refractivity contribution in [2.75, 3.05) is 0 Å². The Kier molecular flexibility index (Phi) is 13.4. The van der Waals surface area contributed by atoms with Crippen molar-refractivity contribution >= 4 is 29.4 Å². The van der Waals surface area contributed by atoms with Gasteiger partial charge in [-0.3, -0.25) is 5.43 Å². The SMILES string of the molecule is NNC(=O)O.SS. The molecule has 7 heavy (non-hydrogen) atoms. The summed E-state index contributed by atoms with van der Waals surface area (Å²) < 4.78 is 0. The van der Waals surface area contributed by atoms with E-state index in [4.69, 9.17) is 9.90 Å². The zero-order valence-corrected chi connectivity index (χ0v) is 5.12. The molecule has 0 spiro atoms. The Morgan fingerprint density at radius 1 is 1.71 bits per heavy atom. The summed E-state index contributed by atoms with van der Waals surface area (Å²) in [5.41, 5.74) is 1.44. The number of nitrogens with one attached hydrogen (secondary N) is 1. The topological polar surface area (TPSA) is 75.3 Å². The number of amides is 1. The molecule has 0 bridgehead atoms. The highest BCUT2D eigenvalue weighted by molar-refractivity contribution is 8.59. The fourth-order valence-electron chi connectivity index (χ4n) is 0. The predicted octanol–water partition coefficient (Wildman–Crippen LogP) is -0.111. The molecule has 0 radical (unpaired) electrons. The van der Waals surface area contributed by atoms with E-state index in [-0.39, 0.29) is 0 Å². The Bertz CT molecular complexity index is 49.0. The van der Waals surface area contributed by atoms with Crippen LogP contribution in [0.5, 0.6) is 0 Å². The number of rotatable bonds is 0. The van der Waals surface area contributed by atoms with Gasteiger partial charge in [0, 0.05) is 0 Å². The van der Waals surface area contributed by atoms with Gasteiger partial charge in [-0.2, -0.15) is 0 Å². The lowest BCUT2D eigenvalue weighted by Gasteiger charge is -1.79. The lowest BCUT2D eigenvalue weighted by atomic mass is 11.3. The highest BCUT2D eigenvalue weighted by Crippen LogP contribution is 1.65. The summed E-state index contributed by atoms with van der Waals surface area (Å²) in [4.78, 5) is 9.13. The second-order valence-electron chi connectivity index (χ2n) is 0.449. The van der Waals surface area contributed by atoms with E-state index in [1.807, 2.05) is 0 Å². The minimum absolute atomic E-state index is 1.22. The lowest BCUT2D eigenvalue weighted by molar-refractivity contribution is 0.194. The van der Waals surface area contributed by atoms with Crippen molar-refractivity contribution in [1.82, 2.24) is 5.43 Å². The van der Waals surface area contributed by atoms with Gasteiger partial charge in [0.15, 0.2) is 0 Å². The first-order valence-corrected chi connectivity index (χ1v) is 2.77. The van der Waals surface area contributed by atoms with E-state index in [0.717, 1.165) is 0 Å². The highest BCUT2D eigenvalue weighted by Gasteiger charge is 1.77. The summed E-state index contributed by atoms with van der Waals surface area (Å²) >= 11 is 6.44. The van der Waals surface area contributed by atoms with Crippen molar-refractivity contribution in [3.8, 4) is 0 Å². The normalized spacial score (nSPS) is 5.57. The Balaban J connectivity index is 0. The zero-order valence-electron chi connectivity index (χ0n) is 3.33. The molecule has 1 amide bonds. The molecule has 0 heterocycles. The van der Waals surface area contributed by atoms with Crippen LogP contribution in [0.25, 0.3) is 0 Å². The number of hydrazine groups is 1. The Labute approximate surface area is 51.3 Å². The predicted molar refractivity (Wildman–Crippen MR) is 33.3 cm³/mol. The summed E-state index contributed by atoms with van der Waals surface area (Å²) in [6.45, 7) is 0. The highest BCUT2D eigenvalue weighted by atomic mass is 33.1. The lowest BCUT2D eigenvalue weighted by Crippen LogP contribution is -2.27. The van der Waals surface area contributed by atoms with Crippen LogP contribution >= 0.6 is 23.3 Å². The molecule has 44 valence electrons. The van der Waals surface area contributed by atoms with Gasteiger partial charge in [0.05, 0.1) is 0 Å². The van der Waals surface area contributed by atoms with Gasteiger partial charge in [0.1, 0.15) is 0 Å². The maximum atomic E-state index is 9.13. The van der Waals surface area contributed by atoms with Crippen molar-refractivity contribution in [3.63, 3.8) is 0 Å². The van der Waals surface area contributed by atoms with Crippen LogP contribution in [0.4, 0.5) is 4.79 Å². The van der Waals surface area contributed by atoms with Gasteiger partial charge in [-0.15, -0.1) is 23.3 Å². The molecule has 0 aromatic rings. The number of carbonyl (C=O) groups is 1. The van der Waals surface area contributed by atoms with Crippen LogP contribution < -0.4 is 11.3 Å². The number of carboxylic acid groups (broad SMARTS) is 1. The van der Waals surface area contributed by atoms with E-state index in [9.17, 15) is 0 Å². The van der Waals surface area contributed by atoms with Crippen LogP contribution in [0.3, 0.4) is 0 Å². The van der Waals surface area contributed by atoms with Crippen LogP contribution in [0.1, 0.15) is 0 Å². The summed E-state index contributed by atoms with van der Waals surface area (Å²) in [5.74, 6) is 4.32. The smallest absolute Gasteiger partial charge is 0.418 e. The van der Waals surface area contributed by atoms with Crippen molar-refractivity contribution < 1.29 is 9.90 Å². The van der Waals surface area contributed by atoms with E-state index >= 15 is 0 Å².